The molecule has 2 nitrogen and oxygen atoms in total. The number of benzene rings is 1. The van der Waals surface area contributed by atoms with E-state index in [-0.39, 0.29) is 11.4 Å². The lowest BCUT2D eigenvalue weighted by atomic mass is 9.97. The Morgan fingerprint density at radius 1 is 1.11 bits per heavy atom. The molecule has 0 spiro atoms. The van der Waals surface area contributed by atoms with Crippen LogP contribution in [0.15, 0.2) is 24.3 Å². The number of rotatable bonds is 2. The Bertz CT molecular complexity index is 605. The number of nitrogens with zero attached hydrogens (tertiary/aromatic N) is 1. The Labute approximate surface area is 109 Å². The van der Waals surface area contributed by atoms with E-state index in [1.165, 1.54) is 13.2 Å². The summed E-state index contributed by atoms with van der Waals surface area (Å²) < 4.78 is 43.2. The molecule has 0 saturated carbocycles. The smallest absolute Gasteiger partial charge is 0.433 e. The fraction of sp³-hybridized carbons (Fsp3) is 0.357. The van der Waals surface area contributed by atoms with Crippen LogP contribution >= 0.6 is 0 Å². The van der Waals surface area contributed by atoms with Crippen molar-refractivity contribution in [3.05, 3.63) is 35.5 Å². The van der Waals surface area contributed by atoms with Crippen molar-refractivity contribution in [2.75, 3.05) is 7.11 Å². The van der Waals surface area contributed by atoms with Gasteiger partial charge in [-0.15, -0.1) is 0 Å². The van der Waals surface area contributed by atoms with E-state index in [0.717, 1.165) is 11.6 Å². The molecule has 19 heavy (non-hydrogen) atoms. The van der Waals surface area contributed by atoms with Gasteiger partial charge in [-0.1, -0.05) is 26.0 Å². The first-order chi connectivity index (χ1) is 8.84. The van der Waals surface area contributed by atoms with Gasteiger partial charge >= 0.3 is 6.18 Å². The van der Waals surface area contributed by atoms with Crippen LogP contribution in [0.5, 0.6) is 5.75 Å². The topological polar surface area (TPSA) is 22.1 Å². The summed E-state index contributed by atoms with van der Waals surface area (Å²) in [6.07, 6.45) is -4.45. The minimum absolute atomic E-state index is 0.201. The molecular weight excluding hydrogens is 255 g/mol. The van der Waals surface area contributed by atoms with Crippen molar-refractivity contribution in [1.29, 1.82) is 0 Å². The van der Waals surface area contributed by atoms with Gasteiger partial charge in [0, 0.05) is 5.39 Å². The number of hydrogen-bond donors (Lipinski definition) is 0. The van der Waals surface area contributed by atoms with Crippen LogP contribution in [0, 0.1) is 0 Å². The number of ether oxygens (including phenoxy) is 1. The monoisotopic (exact) mass is 269 g/mol. The molecule has 0 aliphatic heterocycles. The van der Waals surface area contributed by atoms with Crippen LogP contribution in [0.2, 0.25) is 0 Å². The van der Waals surface area contributed by atoms with Crippen molar-refractivity contribution in [2.24, 2.45) is 0 Å². The molecule has 0 N–H and O–H groups in total. The molecule has 2 rings (SSSR count). The molecule has 0 aliphatic carbocycles. The summed E-state index contributed by atoms with van der Waals surface area (Å²) >= 11 is 0. The van der Waals surface area contributed by atoms with Crippen molar-refractivity contribution < 1.29 is 17.9 Å². The zero-order valence-electron chi connectivity index (χ0n) is 10.9. The maximum absolute atomic E-state index is 12.7. The predicted octanol–water partition coefficient (Wildman–Crippen LogP) is 4.39. The van der Waals surface area contributed by atoms with Gasteiger partial charge in [-0.25, -0.2) is 4.98 Å². The maximum Gasteiger partial charge on any atom is 0.433 e. The van der Waals surface area contributed by atoms with Crippen molar-refractivity contribution >= 4 is 10.9 Å². The molecule has 1 aromatic heterocycles. The molecular formula is C14H14F3NO. The number of methoxy groups -OCH3 is 1. The lowest BCUT2D eigenvalue weighted by Gasteiger charge is -2.14. The minimum atomic E-state index is -4.45. The number of fused-ring (bicyclic) bond motifs is 1. The first kappa shape index (κ1) is 13.6. The summed E-state index contributed by atoms with van der Waals surface area (Å²) in [5.74, 6) is 0.553. The van der Waals surface area contributed by atoms with E-state index in [2.05, 4.69) is 4.98 Å². The molecule has 0 amide bonds. The Morgan fingerprint density at radius 3 is 2.32 bits per heavy atom. The van der Waals surface area contributed by atoms with Crippen molar-refractivity contribution in [1.82, 2.24) is 4.98 Å². The second-order valence-electron chi connectivity index (χ2n) is 4.60. The number of pyridine rings is 1. The SMILES string of the molecule is COc1ccc(C(C)C)c2ccc(C(F)(F)F)nc12. The summed E-state index contributed by atoms with van der Waals surface area (Å²) in [7, 11) is 1.42. The Morgan fingerprint density at radius 2 is 1.79 bits per heavy atom. The maximum atomic E-state index is 12.7. The highest BCUT2D eigenvalue weighted by molar-refractivity contribution is 5.88. The number of alkyl halides is 3. The van der Waals surface area contributed by atoms with E-state index in [4.69, 9.17) is 4.74 Å². The highest BCUT2D eigenvalue weighted by Gasteiger charge is 2.32. The fourth-order valence-electron chi connectivity index (χ4n) is 2.04. The molecule has 5 heteroatoms. The summed E-state index contributed by atoms with van der Waals surface area (Å²) in [5.41, 5.74) is 0.305. The molecule has 1 aromatic carbocycles. The molecule has 0 unspecified atom stereocenters. The molecule has 0 bridgehead atoms. The normalized spacial score (nSPS) is 12.2. The number of halogens is 3. The Kier molecular flexibility index (Phi) is 3.39. The van der Waals surface area contributed by atoms with Crippen molar-refractivity contribution in [2.45, 2.75) is 25.9 Å². The van der Waals surface area contributed by atoms with Gasteiger partial charge in [0.05, 0.1) is 7.11 Å². The Balaban J connectivity index is 2.76. The first-order valence-electron chi connectivity index (χ1n) is 5.89. The van der Waals surface area contributed by atoms with Crippen molar-refractivity contribution in [3.63, 3.8) is 0 Å². The van der Waals surface area contributed by atoms with Gasteiger partial charge in [0.1, 0.15) is 17.0 Å². The largest absolute Gasteiger partial charge is 0.494 e. The zero-order chi connectivity index (χ0) is 14.2. The molecule has 1 heterocycles. The standard InChI is InChI=1S/C14H14F3NO/c1-8(2)9-4-6-11(19-3)13-10(9)5-7-12(18-13)14(15,16)17/h4-8H,1-3H3. The highest BCUT2D eigenvalue weighted by Crippen LogP contribution is 2.34. The van der Waals surface area contributed by atoms with Crippen LogP contribution in [0.1, 0.15) is 31.0 Å². The third-order valence-corrected chi connectivity index (χ3v) is 2.99. The van der Waals surface area contributed by atoms with Crippen LogP contribution < -0.4 is 4.74 Å². The van der Waals surface area contributed by atoms with Crippen LogP contribution in [0.3, 0.4) is 0 Å². The van der Waals surface area contributed by atoms with Gasteiger partial charge in [-0.05, 0) is 23.6 Å². The molecule has 0 radical (unpaired) electrons. The van der Waals surface area contributed by atoms with Gasteiger partial charge in [-0.3, -0.25) is 0 Å². The van der Waals surface area contributed by atoms with Gasteiger partial charge < -0.3 is 4.74 Å². The van der Waals surface area contributed by atoms with Crippen LogP contribution in [0.25, 0.3) is 10.9 Å². The summed E-state index contributed by atoms with van der Waals surface area (Å²) in [6.45, 7) is 3.97. The predicted molar refractivity (Wildman–Crippen MR) is 67.4 cm³/mol. The average molecular weight is 269 g/mol. The van der Waals surface area contributed by atoms with Gasteiger partial charge in [0.2, 0.25) is 0 Å². The van der Waals surface area contributed by atoms with Gasteiger partial charge in [0.15, 0.2) is 0 Å². The van der Waals surface area contributed by atoms with Gasteiger partial charge in [0.25, 0.3) is 0 Å². The third kappa shape index (κ3) is 2.50. The molecule has 0 saturated heterocycles. The highest BCUT2D eigenvalue weighted by atomic mass is 19.4. The first-order valence-corrected chi connectivity index (χ1v) is 5.89. The van der Waals surface area contributed by atoms with Gasteiger partial charge in [-0.2, -0.15) is 13.2 Å². The third-order valence-electron chi connectivity index (χ3n) is 2.99. The summed E-state index contributed by atoms with van der Waals surface area (Å²) in [4.78, 5) is 3.71. The lowest BCUT2D eigenvalue weighted by molar-refractivity contribution is -0.140. The van der Waals surface area contributed by atoms with E-state index in [1.54, 1.807) is 6.07 Å². The van der Waals surface area contributed by atoms with Crippen molar-refractivity contribution in [3.8, 4) is 5.75 Å². The average Bonchev–Trinajstić information content (AvgIpc) is 2.35. The van der Waals surface area contributed by atoms with E-state index >= 15 is 0 Å². The molecule has 0 aliphatic rings. The lowest BCUT2D eigenvalue weighted by Crippen LogP contribution is -2.08. The van der Waals surface area contributed by atoms with E-state index in [0.29, 0.717) is 11.1 Å². The molecule has 0 atom stereocenters. The zero-order valence-corrected chi connectivity index (χ0v) is 10.9. The van der Waals surface area contributed by atoms with Crippen LogP contribution in [0.4, 0.5) is 13.2 Å². The molecule has 102 valence electrons. The van der Waals surface area contributed by atoms with E-state index in [9.17, 15) is 13.2 Å². The molecule has 2 aromatic rings. The number of hydrogen-bond acceptors (Lipinski definition) is 2. The van der Waals surface area contributed by atoms with E-state index < -0.39 is 11.9 Å². The second kappa shape index (κ2) is 4.72. The minimum Gasteiger partial charge on any atom is -0.494 e. The van der Waals surface area contributed by atoms with E-state index in [1.807, 2.05) is 19.9 Å². The quantitative estimate of drug-likeness (QED) is 0.806. The summed E-state index contributed by atoms with van der Waals surface area (Å²) in [5, 5.41) is 0.697. The molecule has 0 fully saturated rings. The summed E-state index contributed by atoms with van der Waals surface area (Å²) in [6, 6.07) is 5.99. The van der Waals surface area contributed by atoms with Crippen LogP contribution in [-0.4, -0.2) is 12.1 Å². The van der Waals surface area contributed by atoms with Crippen LogP contribution in [-0.2, 0) is 6.18 Å². The fourth-order valence-corrected chi connectivity index (χ4v) is 2.04. The second-order valence-corrected chi connectivity index (χ2v) is 4.60. The Hall–Kier alpha value is -1.78. The number of aromatic nitrogens is 1.